The standard InChI is InChI=1S/C21H25FN2O2S/c1-24-12-10-19(11-13-24)26-18-8-6-17(7-9-18)23-21(25)15-27-14-16-4-2-3-5-20(16)22/h2-9,19H,10-15H2,1H3,(H,23,25). The summed E-state index contributed by atoms with van der Waals surface area (Å²) in [5.41, 5.74) is 1.35. The lowest BCUT2D eigenvalue weighted by Gasteiger charge is -2.29. The van der Waals surface area contributed by atoms with Crippen molar-refractivity contribution in [2.75, 3.05) is 31.2 Å². The number of anilines is 1. The van der Waals surface area contributed by atoms with Crippen LogP contribution in [0, 0.1) is 5.82 Å². The number of piperidine rings is 1. The van der Waals surface area contributed by atoms with Crippen molar-refractivity contribution in [3.63, 3.8) is 0 Å². The van der Waals surface area contributed by atoms with E-state index in [0.717, 1.165) is 37.4 Å². The third kappa shape index (κ3) is 6.26. The second-order valence-corrected chi connectivity index (χ2v) is 7.76. The van der Waals surface area contributed by atoms with Crippen molar-refractivity contribution in [1.29, 1.82) is 0 Å². The Hall–Kier alpha value is -2.05. The van der Waals surface area contributed by atoms with Crippen molar-refractivity contribution in [2.24, 2.45) is 0 Å². The fourth-order valence-corrected chi connectivity index (χ4v) is 3.79. The van der Waals surface area contributed by atoms with Gasteiger partial charge in [0, 0.05) is 24.5 Å². The summed E-state index contributed by atoms with van der Waals surface area (Å²) in [6, 6.07) is 14.1. The van der Waals surface area contributed by atoms with Crippen molar-refractivity contribution in [3.05, 3.63) is 59.9 Å². The molecule has 1 heterocycles. The summed E-state index contributed by atoms with van der Waals surface area (Å²) in [5.74, 6) is 1.26. The van der Waals surface area contributed by atoms with Gasteiger partial charge in [0.25, 0.3) is 0 Å². The van der Waals surface area contributed by atoms with Crippen LogP contribution in [0.5, 0.6) is 5.75 Å². The Morgan fingerprint density at radius 1 is 1.19 bits per heavy atom. The molecule has 4 nitrogen and oxygen atoms in total. The number of carbonyl (C=O) groups is 1. The summed E-state index contributed by atoms with van der Waals surface area (Å²) in [6.07, 6.45) is 2.33. The average Bonchev–Trinajstić information content (AvgIpc) is 2.67. The van der Waals surface area contributed by atoms with Gasteiger partial charge >= 0.3 is 0 Å². The van der Waals surface area contributed by atoms with Gasteiger partial charge in [0.05, 0.1) is 5.75 Å². The fraction of sp³-hybridized carbons (Fsp3) is 0.381. The van der Waals surface area contributed by atoms with Crippen molar-refractivity contribution >= 4 is 23.4 Å². The van der Waals surface area contributed by atoms with Crippen LogP contribution in [0.1, 0.15) is 18.4 Å². The van der Waals surface area contributed by atoms with Crippen molar-refractivity contribution < 1.29 is 13.9 Å². The van der Waals surface area contributed by atoms with Gasteiger partial charge in [-0.25, -0.2) is 4.39 Å². The molecule has 0 unspecified atom stereocenters. The fourth-order valence-electron chi connectivity index (χ4n) is 2.98. The summed E-state index contributed by atoms with van der Waals surface area (Å²) in [7, 11) is 2.13. The highest BCUT2D eigenvalue weighted by Crippen LogP contribution is 2.21. The Labute approximate surface area is 164 Å². The summed E-state index contributed by atoms with van der Waals surface area (Å²) in [4.78, 5) is 14.4. The maximum atomic E-state index is 13.6. The topological polar surface area (TPSA) is 41.6 Å². The number of rotatable bonds is 7. The molecular weight excluding hydrogens is 363 g/mol. The van der Waals surface area contributed by atoms with Gasteiger partial charge in [-0.1, -0.05) is 18.2 Å². The number of hydrogen-bond acceptors (Lipinski definition) is 4. The quantitative estimate of drug-likeness (QED) is 0.773. The van der Waals surface area contributed by atoms with Gasteiger partial charge in [-0.3, -0.25) is 4.79 Å². The number of likely N-dealkylation sites (tertiary alicyclic amines) is 1. The Bertz CT molecular complexity index is 746. The first-order valence-electron chi connectivity index (χ1n) is 9.16. The molecule has 1 N–H and O–H groups in total. The molecule has 144 valence electrons. The molecule has 0 atom stereocenters. The molecule has 2 aromatic carbocycles. The molecule has 0 radical (unpaired) electrons. The number of benzene rings is 2. The van der Waals surface area contributed by atoms with Crippen molar-refractivity contribution in [2.45, 2.75) is 24.7 Å². The largest absolute Gasteiger partial charge is 0.490 e. The van der Waals surface area contributed by atoms with Gasteiger partial charge in [0.15, 0.2) is 0 Å². The zero-order chi connectivity index (χ0) is 19.1. The molecule has 3 rings (SSSR count). The van der Waals surface area contributed by atoms with Gasteiger partial charge in [-0.2, -0.15) is 0 Å². The first-order valence-corrected chi connectivity index (χ1v) is 10.3. The highest BCUT2D eigenvalue weighted by Gasteiger charge is 2.17. The van der Waals surface area contributed by atoms with Crippen molar-refractivity contribution in [3.8, 4) is 5.75 Å². The molecule has 0 aromatic heterocycles. The number of carbonyl (C=O) groups excluding carboxylic acids is 1. The Kier molecular flexibility index (Phi) is 7.12. The molecule has 0 saturated carbocycles. The number of hydrogen-bond donors (Lipinski definition) is 1. The number of halogens is 1. The van der Waals surface area contributed by atoms with Crippen LogP contribution in [0.2, 0.25) is 0 Å². The lowest BCUT2D eigenvalue weighted by Crippen LogP contribution is -2.35. The maximum Gasteiger partial charge on any atom is 0.234 e. The van der Waals surface area contributed by atoms with Gasteiger partial charge in [0.2, 0.25) is 5.91 Å². The highest BCUT2D eigenvalue weighted by molar-refractivity contribution is 7.99. The minimum absolute atomic E-state index is 0.0969. The first kappa shape index (κ1) is 19.7. The van der Waals surface area contributed by atoms with Gasteiger partial charge in [-0.15, -0.1) is 11.8 Å². The molecule has 0 bridgehead atoms. The van der Waals surface area contributed by atoms with E-state index >= 15 is 0 Å². The lowest BCUT2D eigenvalue weighted by atomic mass is 10.1. The molecule has 1 aliphatic heterocycles. The Balaban J connectivity index is 1.41. The maximum absolute atomic E-state index is 13.6. The number of amides is 1. The smallest absolute Gasteiger partial charge is 0.234 e. The van der Waals surface area contributed by atoms with Crippen LogP contribution < -0.4 is 10.1 Å². The Morgan fingerprint density at radius 2 is 1.89 bits per heavy atom. The number of thioether (sulfide) groups is 1. The zero-order valence-electron chi connectivity index (χ0n) is 15.5. The van der Waals surface area contributed by atoms with E-state index in [2.05, 4.69) is 17.3 Å². The SMILES string of the molecule is CN1CCC(Oc2ccc(NC(=O)CSCc3ccccc3F)cc2)CC1. The third-order valence-electron chi connectivity index (χ3n) is 4.55. The van der Waals surface area contributed by atoms with Gasteiger partial charge < -0.3 is 15.0 Å². The monoisotopic (exact) mass is 388 g/mol. The van der Waals surface area contributed by atoms with E-state index in [9.17, 15) is 9.18 Å². The van der Waals surface area contributed by atoms with E-state index in [1.54, 1.807) is 18.2 Å². The number of ether oxygens (including phenoxy) is 1. The normalized spacial score (nSPS) is 15.5. The molecule has 2 aromatic rings. The number of nitrogens with zero attached hydrogens (tertiary/aromatic N) is 1. The number of nitrogens with one attached hydrogen (secondary N) is 1. The van der Waals surface area contributed by atoms with E-state index in [-0.39, 0.29) is 23.6 Å². The predicted octanol–water partition coefficient (Wildman–Crippen LogP) is 4.17. The summed E-state index contributed by atoms with van der Waals surface area (Å²) >= 11 is 1.39. The summed E-state index contributed by atoms with van der Waals surface area (Å²) in [5, 5.41) is 2.86. The van der Waals surface area contributed by atoms with Crippen LogP contribution in [0.15, 0.2) is 48.5 Å². The lowest BCUT2D eigenvalue weighted by molar-refractivity contribution is -0.113. The second kappa shape index (κ2) is 9.76. The summed E-state index contributed by atoms with van der Waals surface area (Å²) in [6.45, 7) is 2.12. The zero-order valence-corrected chi connectivity index (χ0v) is 16.3. The van der Waals surface area contributed by atoms with Crippen molar-refractivity contribution in [1.82, 2.24) is 4.90 Å². The molecule has 1 fully saturated rings. The first-order chi connectivity index (χ1) is 13.1. The van der Waals surface area contributed by atoms with Crippen LogP contribution in [0.25, 0.3) is 0 Å². The van der Waals surface area contributed by atoms with Crippen LogP contribution in [-0.2, 0) is 10.5 Å². The second-order valence-electron chi connectivity index (χ2n) is 6.78. The van der Waals surface area contributed by atoms with E-state index in [0.29, 0.717) is 11.3 Å². The molecule has 1 saturated heterocycles. The molecule has 0 spiro atoms. The Morgan fingerprint density at radius 3 is 2.59 bits per heavy atom. The molecule has 0 aliphatic carbocycles. The highest BCUT2D eigenvalue weighted by atomic mass is 32.2. The molecule has 6 heteroatoms. The molecular formula is C21H25FN2O2S. The predicted molar refractivity (Wildman–Crippen MR) is 109 cm³/mol. The molecule has 1 aliphatic rings. The third-order valence-corrected chi connectivity index (χ3v) is 5.54. The van der Waals surface area contributed by atoms with Gasteiger partial charge in [0.1, 0.15) is 17.7 Å². The van der Waals surface area contributed by atoms with E-state index in [1.165, 1.54) is 17.8 Å². The summed E-state index contributed by atoms with van der Waals surface area (Å²) < 4.78 is 19.6. The van der Waals surface area contributed by atoms with Crippen LogP contribution in [0.3, 0.4) is 0 Å². The average molecular weight is 389 g/mol. The van der Waals surface area contributed by atoms with E-state index < -0.39 is 0 Å². The van der Waals surface area contributed by atoms with E-state index in [4.69, 9.17) is 4.74 Å². The van der Waals surface area contributed by atoms with Crippen LogP contribution in [0.4, 0.5) is 10.1 Å². The van der Waals surface area contributed by atoms with Crippen LogP contribution in [-0.4, -0.2) is 42.8 Å². The minimum Gasteiger partial charge on any atom is -0.490 e. The minimum atomic E-state index is -0.231. The molecule has 27 heavy (non-hydrogen) atoms. The van der Waals surface area contributed by atoms with E-state index in [1.807, 2.05) is 24.3 Å². The van der Waals surface area contributed by atoms with Gasteiger partial charge in [-0.05, 0) is 55.8 Å². The molecule has 1 amide bonds. The van der Waals surface area contributed by atoms with Crippen LogP contribution >= 0.6 is 11.8 Å².